The molecule has 0 spiro atoms. The molecular weight excluding hydrogens is 344 g/mol. The SMILES string of the molecule is CC(C)Cc1cc(C(=O)Nc2cccc(NC(=O)c3cccnc3)c2)on1. The lowest BCUT2D eigenvalue weighted by molar-refractivity contribution is 0.0986. The van der Waals surface area contributed by atoms with Gasteiger partial charge in [0.15, 0.2) is 0 Å². The number of nitrogens with one attached hydrogen (secondary N) is 2. The first-order chi connectivity index (χ1) is 13.0. The van der Waals surface area contributed by atoms with Crippen LogP contribution in [0.15, 0.2) is 59.4 Å². The van der Waals surface area contributed by atoms with Gasteiger partial charge in [-0.2, -0.15) is 0 Å². The number of carbonyl (C=O) groups is 2. The Morgan fingerprint density at radius 1 is 1.04 bits per heavy atom. The van der Waals surface area contributed by atoms with E-state index in [1.54, 1.807) is 48.7 Å². The monoisotopic (exact) mass is 364 g/mol. The van der Waals surface area contributed by atoms with Crippen molar-refractivity contribution in [3.05, 3.63) is 71.9 Å². The van der Waals surface area contributed by atoms with Gasteiger partial charge in [-0.15, -0.1) is 0 Å². The van der Waals surface area contributed by atoms with Crippen molar-refractivity contribution < 1.29 is 14.1 Å². The van der Waals surface area contributed by atoms with E-state index in [4.69, 9.17) is 4.52 Å². The van der Waals surface area contributed by atoms with Gasteiger partial charge in [-0.3, -0.25) is 14.6 Å². The first kappa shape index (κ1) is 18.3. The van der Waals surface area contributed by atoms with Crippen LogP contribution in [0.2, 0.25) is 0 Å². The van der Waals surface area contributed by atoms with Gasteiger partial charge in [0.2, 0.25) is 5.76 Å². The van der Waals surface area contributed by atoms with Crippen molar-refractivity contribution in [1.82, 2.24) is 10.1 Å². The Kier molecular flexibility index (Phi) is 5.61. The number of nitrogens with zero attached hydrogens (tertiary/aromatic N) is 2. The highest BCUT2D eigenvalue weighted by atomic mass is 16.5. The summed E-state index contributed by atoms with van der Waals surface area (Å²) in [6, 6.07) is 11.9. The van der Waals surface area contributed by atoms with E-state index in [1.807, 2.05) is 0 Å². The molecule has 2 aromatic heterocycles. The fourth-order valence-corrected chi connectivity index (χ4v) is 2.50. The van der Waals surface area contributed by atoms with Gasteiger partial charge in [0, 0.05) is 29.8 Å². The van der Waals surface area contributed by atoms with Crippen molar-refractivity contribution in [1.29, 1.82) is 0 Å². The predicted octanol–water partition coefficient (Wildman–Crippen LogP) is 3.77. The second-order valence-corrected chi connectivity index (χ2v) is 6.51. The average Bonchev–Trinajstić information content (AvgIpc) is 3.10. The van der Waals surface area contributed by atoms with E-state index in [-0.39, 0.29) is 11.7 Å². The molecule has 0 fully saturated rings. The van der Waals surface area contributed by atoms with Crippen molar-refractivity contribution in [3.8, 4) is 0 Å². The summed E-state index contributed by atoms with van der Waals surface area (Å²) in [4.78, 5) is 28.4. The highest BCUT2D eigenvalue weighted by Gasteiger charge is 2.14. The minimum Gasteiger partial charge on any atom is -0.351 e. The molecule has 0 aliphatic heterocycles. The van der Waals surface area contributed by atoms with Crippen molar-refractivity contribution in [2.75, 3.05) is 10.6 Å². The molecule has 2 N–H and O–H groups in total. The zero-order chi connectivity index (χ0) is 19.2. The number of amides is 2. The van der Waals surface area contributed by atoms with Gasteiger partial charge in [-0.1, -0.05) is 25.1 Å². The molecule has 0 atom stereocenters. The maximum absolute atomic E-state index is 12.3. The molecule has 138 valence electrons. The van der Waals surface area contributed by atoms with E-state index in [0.717, 1.165) is 12.1 Å². The number of hydrogen-bond donors (Lipinski definition) is 2. The summed E-state index contributed by atoms with van der Waals surface area (Å²) in [5.41, 5.74) is 2.28. The molecule has 3 aromatic rings. The molecule has 0 unspecified atom stereocenters. The van der Waals surface area contributed by atoms with Crippen molar-refractivity contribution in [2.24, 2.45) is 5.92 Å². The molecule has 7 heteroatoms. The number of hydrogen-bond acceptors (Lipinski definition) is 5. The van der Waals surface area contributed by atoms with Crippen molar-refractivity contribution in [3.63, 3.8) is 0 Å². The summed E-state index contributed by atoms with van der Waals surface area (Å²) < 4.78 is 5.11. The Morgan fingerprint density at radius 3 is 2.44 bits per heavy atom. The Morgan fingerprint density at radius 2 is 1.78 bits per heavy atom. The van der Waals surface area contributed by atoms with Crippen molar-refractivity contribution in [2.45, 2.75) is 20.3 Å². The Balaban J connectivity index is 1.66. The van der Waals surface area contributed by atoms with Crippen molar-refractivity contribution >= 4 is 23.2 Å². The third-order valence-electron chi connectivity index (χ3n) is 3.70. The first-order valence-corrected chi connectivity index (χ1v) is 8.59. The maximum Gasteiger partial charge on any atom is 0.294 e. The quantitative estimate of drug-likeness (QED) is 0.694. The third kappa shape index (κ3) is 5.01. The largest absolute Gasteiger partial charge is 0.351 e. The molecule has 0 aliphatic carbocycles. The van der Waals surface area contributed by atoms with Crippen LogP contribution >= 0.6 is 0 Å². The highest BCUT2D eigenvalue weighted by molar-refractivity contribution is 6.05. The summed E-state index contributed by atoms with van der Waals surface area (Å²) in [7, 11) is 0. The molecule has 0 aliphatic rings. The molecular formula is C20H20N4O3. The van der Waals surface area contributed by atoms with Crippen LogP contribution in [-0.4, -0.2) is 22.0 Å². The summed E-state index contributed by atoms with van der Waals surface area (Å²) in [6.07, 6.45) is 3.83. The number of aromatic nitrogens is 2. The summed E-state index contributed by atoms with van der Waals surface area (Å²) >= 11 is 0. The van der Waals surface area contributed by atoms with Crippen LogP contribution in [0.3, 0.4) is 0 Å². The summed E-state index contributed by atoms with van der Waals surface area (Å²) in [5, 5.41) is 9.42. The van der Waals surface area contributed by atoms with Gasteiger partial charge in [0.05, 0.1) is 11.3 Å². The predicted molar refractivity (Wildman–Crippen MR) is 102 cm³/mol. The second kappa shape index (κ2) is 8.27. The fourth-order valence-electron chi connectivity index (χ4n) is 2.50. The second-order valence-electron chi connectivity index (χ2n) is 6.51. The molecule has 2 amide bonds. The van der Waals surface area contributed by atoms with Crippen LogP contribution in [0, 0.1) is 5.92 Å². The van der Waals surface area contributed by atoms with E-state index < -0.39 is 5.91 Å². The number of anilines is 2. The standard InChI is InChI=1S/C20H20N4O3/c1-13(2)9-17-11-18(27-24-17)20(26)23-16-7-3-6-15(10-16)22-19(25)14-5-4-8-21-12-14/h3-8,10-13H,9H2,1-2H3,(H,22,25)(H,23,26). The van der Waals surface area contributed by atoms with E-state index in [0.29, 0.717) is 22.9 Å². The third-order valence-corrected chi connectivity index (χ3v) is 3.70. The van der Waals surface area contributed by atoms with Gasteiger partial charge in [0.1, 0.15) is 0 Å². The zero-order valence-corrected chi connectivity index (χ0v) is 15.1. The maximum atomic E-state index is 12.3. The van der Waals surface area contributed by atoms with Crippen LogP contribution in [-0.2, 0) is 6.42 Å². The van der Waals surface area contributed by atoms with Crippen LogP contribution in [0.1, 0.15) is 40.5 Å². The first-order valence-electron chi connectivity index (χ1n) is 8.59. The smallest absolute Gasteiger partial charge is 0.294 e. The zero-order valence-electron chi connectivity index (χ0n) is 15.1. The lowest BCUT2D eigenvalue weighted by Gasteiger charge is -2.08. The van der Waals surface area contributed by atoms with Gasteiger partial charge in [-0.25, -0.2) is 0 Å². The highest BCUT2D eigenvalue weighted by Crippen LogP contribution is 2.18. The molecule has 0 radical (unpaired) electrons. The number of pyridine rings is 1. The topological polar surface area (TPSA) is 97.1 Å². The van der Waals surface area contributed by atoms with Gasteiger partial charge in [0.25, 0.3) is 11.8 Å². The summed E-state index contributed by atoms with van der Waals surface area (Å²) in [5.74, 6) is -0.102. The van der Waals surface area contributed by atoms with Crippen LogP contribution in [0.25, 0.3) is 0 Å². The average molecular weight is 364 g/mol. The fraction of sp³-hybridized carbons (Fsp3) is 0.200. The lowest BCUT2D eigenvalue weighted by Crippen LogP contribution is -2.13. The number of carbonyl (C=O) groups excluding carboxylic acids is 2. The Hall–Kier alpha value is -3.48. The molecule has 1 aromatic carbocycles. The van der Waals surface area contributed by atoms with E-state index >= 15 is 0 Å². The van der Waals surface area contributed by atoms with Crippen LogP contribution in [0.4, 0.5) is 11.4 Å². The molecule has 3 rings (SSSR count). The molecule has 2 heterocycles. The Labute approximate surface area is 156 Å². The summed E-state index contributed by atoms with van der Waals surface area (Å²) in [6.45, 7) is 4.14. The van der Waals surface area contributed by atoms with Crippen LogP contribution < -0.4 is 10.6 Å². The van der Waals surface area contributed by atoms with E-state index in [2.05, 4.69) is 34.6 Å². The minimum absolute atomic E-state index is 0.149. The number of benzene rings is 1. The number of rotatable bonds is 6. The molecule has 0 bridgehead atoms. The molecule has 0 saturated heterocycles. The molecule has 7 nitrogen and oxygen atoms in total. The normalized spacial score (nSPS) is 10.6. The lowest BCUT2D eigenvalue weighted by atomic mass is 10.1. The van der Waals surface area contributed by atoms with E-state index in [9.17, 15) is 9.59 Å². The van der Waals surface area contributed by atoms with Gasteiger partial charge >= 0.3 is 0 Å². The molecule has 27 heavy (non-hydrogen) atoms. The van der Waals surface area contributed by atoms with Crippen LogP contribution in [0.5, 0.6) is 0 Å². The molecule has 0 saturated carbocycles. The minimum atomic E-state index is -0.395. The Bertz CT molecular complexity index is 935. The van der Waals surface area contributed by atoms with Gasteiger partial charge in [-0.05, 0) is 42.7 Å². The van der Waals surface area contributed by atoms with E-state index in [1.165, 1.54) is 6.20 Å². The van der Waals surface area contributed by atoms with Gasteiger partial charge < -0.3 is 15.2 Å².